The number of hydrogen-bond acceptors (Lipinski definition) is 10. The van der Waals surface area contributed by atoms with Crippen LogP contribution in [-0.2, 0) is 11.2 Å². The second-order valence-electron chi connectivity index (χ2n) is 9.62. The lowest BCUT2D eigenvalue weighted by molar-refractivity contribution is -0.119. The predicted octanol–water partition coefficient (Wildman–Crippen LogP) is 5.38. The quantitative estimate of drug-likeness (QED) is 0.299. The average molecular weight is 544 g/mol. The molecule has 2 aliphatic rings. The van der Waals surface area contributed by atoms with Crippen LogP contribution < -0.4 is 15.1 Å². The van der Waals surface area contributed by atoms with Gasteiger partial charge < -0.3 is 9.80 Å². The number of carbonyl (C=O) groups is 1. The molecule has 2 aromatic heterocycles. The van der Waals surface area contributed by atoms with E-state index < -0.39 is 0 Å². The minimum Gasteiger partial charge on any atom is -0.368 e. The summed E-state index contributed by atoms with van der Waals surface area (Å²) < 4.78 is 0. The maximum absolute atomic E-state index is 12.2. The van der Waals surface area contributed by atoms with Gasteiger partial charge in [-0.15, -0.1) is 11.3 Å². The molecule has 6 rings (SSSR count). The third-order valence-electron chi connectivity index (χ3n) is 6.67. The zero-order valence-corrected chi connectivity index (χ0v) is 22.8. The van der Waals surface area contributed by atoms with Gasteiger partial charge in [-0.05, 0) is 61.4 Å². The van der Waals surface area contributed by atoms with E-state index in [1.807, 2.05) is 43.5 Å². The molecule has 1 saturated carbocycles. The molecule has 194 valence electrons. The van der Waals surface area contributed by atoms with Crippen LogP contribution in [0, 0.1) is 12.8 Å². The van der Waals surface area contributed by atoms with Gasteiger partial charge in [-0.3, -0.25) is 10.1 Å². The number of para-hydroxylation sites is 1. The third kappa shape index (κ3) is 6.14. The second kappa shape index (κ2) is 11.1. The summed E-state index contributed by atoms with van der Waals surface area (Å²) in [4.78, 5) is 37.6. The summed E-state index contributed by atoms with van der Waals surface area (Å²) in [6.07, 6.45) is 4.45. The van der Waals surface area contributed by atoms with E-state index in [-0.39, 0.29) is 5.92 Å². The first kappa shape index (κ1) is 24.8. The van der Waals surface area contributed by atoms with Gasteiger partial charge in [-0.25, -0.2) is 4.98 Å². The van der Waals surface area contributed by atoms with Crippen molar-refractivity contribution in [2.45, 2.75) is 36.2 Å². The zero-order valence-electron chi connectivity index (χ0n) is 21.2. The molecular weight excluding hydrogens is 514 g/mol. The highest BCUT2D eigenvalue weighted by molar-refractivity contribution is 7.99. The van der Waals surface area contributed by atoms with E-state index in [0.717, 1.165) is 59.5 Å². The van der Waals surface area contributed by atoms with Crippen LogP contribution >= 0.6 is 23.1 Å². The number of ketones is 1. The maximum Gasteiger partial charge on any atom is 0.234 e. The minimum absolute atomic E-state index is 0.287. The molecule has 38 heavy (non-hydrogen) atoms. The summed E-state index contributed by atoms with van der Waals surface area (Å²) in [6, 6.07) is 18.6. The summed E-state index contributed by atoms with van der Waals surface area (Å²) in [5.41, 5.74) is 2.29. The van der Waals surface area contributed by atoms with Gasteiger partial charge in [-0.2, -0.15) is 15.0 Å². The van der Waals surface area contributed by atoms with Crippen LogP contribution in [0.15, 0.2) is 70.8 Å². The van der Waals surface area contributed by atoms with E-state index in [1.54, 1.807) is 11.3 Å². The Balaban J connectivity index is 1.19. The Hall–Kier alpha value is -3.50. The standard InChI is InChI=1S/C28H29N7OS2/c1-19-18-29-27(37-19)31-25-30-26(35-15-13-34(14-16-35)22-5-3-2-4-6-22)33-28(32-25)38-23-11-7-20(8-12-23)17-24(36)21-9-10-21/h2-8,11-12,18,21H,9-10,13-17H2,1H3,(H,29,30,31,32,33). The number of hydrogen-bond donors (Lipinski definition) is 1. The first-order valence-electron chi connectivity index (χ1n) is 12.9. The van der Waals surface area contributed by atoms with E-state index in [2.05, 4.69) is 44.4 Å². The van der Waals surface area contributed by atoms with Crippen molar-refractivity contribution in [3.63, 3.8) is 0 Å². The number of thiazole rings is 1. The van der Waals surface area contributed by atoms with Crippen LogP contribution in [0.25, 0.3) is 0 Å². The van der Waals surface area contributed by atoms with E-state index in [0.29, 0.717) is 29.3 Å². The summed E-state index contributed by atoms with van der Waals surface area (Å²) in [6.45, 7) is 5.46. The average Bonchev–Trinajstić information content (AvgIpc) is 3.72. The van der Waals surface area contributed by atoms with Crippen molar-refractivity contribution < 1.29 is 4.79 Å². The first-order chi connectivity index (χ1) is 18.6. The van der Waals surface area contributed by atoms with Crippen LogP contribution in [0.1, 0.15) is 23.3 Å². The van der Waals surface area contributed by atoms with Crippen molar-refractivity contribution in [2.24, 2.45) is 5.92 Å². The molecular formula is C28H29N7OS2. The van der Waals surface area contributed by atoms with Gasteiger partial charge in [0.1, 0.15) is 5.78 Å². The first-order valence-corrected chi connectivity index (χ1v) is 14.5. The molecule has 10 heteroatoms. The Morgan fingerprint density at radius 3 is 2.39 bits per heavy atom. The number of aromatic nitrogens is 4. The van der Waals surface area contributed by atoms with Crippen LogP contribution in [0.5, 0.6) is 0 Å². The van der Waals surface area contributed by atoms with Crippen molar-refractivity contribution in [1.82, 2.24) is 19.9 Å². The Bertz CT molecular complexity index is 1400. The molecule has 1 aliphatic heterocycles. The monoisotopic (exact) mass is 543 g/mol. The number of carbonyl (C=O) groups excluding carboxylic acids is 1. The van der Waals surface area contributed by atoms with Gasteiger partial charge in [0.15, 0.2) is 10.3 Å². The molecule has 0 atom stereocenters. The lowest BCUT2D eigenvalue weighted by Gasteiger charge is -2.36. The predicted molar refractivity (Wildman–Crippen MR) is 153 cm³/mol. The van der Waals surface area contributed by atoms with Gasteiger partial charge in [0, 0.05) is 60.2 Å². The highest BCUT2D eigenvalue weighted by Gasteiger charge is 2.29. The van der Waals surface area contributed by atoms with Crippen LogP contribution in [-0.4, -0.2) is 51.9 Å². The Labute approximate surface area is 230 Å². The minimum atomic E-state index is 0.287. The highest BCUT2D eigenvalue weighted by atomic mass is 32.2. The number of rotatable bonds is 9. The molecule has 0 radical (unpaired) electrons. The number of anilines is 4. The van der Waals surface area contributed by atoms with Crippen LogP contribution in [0.3, 0.4) is 0 Å². The summed E-state index contributed by atoms with van der Waals surface area (Å²) >= 11 is 3.07. The molecule has 1 N–H and O–H groups in total. The smallest absolute Gasteiger partial charge is 0.234 e. The van der Waals surface area contributed by atoms with Crippen molar-refractivity contribution in [3.05, 3.63) is 71.2 Å². The summed E-state index contributed by atoms with van der Waals surface area (Å²) in [5.74, 6) is 1.80. The van der Waals surface area contributed by atoms with Gasteiger partial charge in [0.2, 0.25) is 11.9 Å². The number of benzene rings is 2. The van der Waals surface area contributed by atoms with Crippen LogP contribution in [0.4, 0.5) is 22.7 Å². The number of aryl methyl sites for hydroxylation is 1. The fourth-order valence-electron chi connectivity index (χ4n) is 4.43. The summed E-state index contributed by atoms with van der Waals surface area (Å²) in [5, 5.41) is 4.65. The number of piperazine rings is 1. The number of nitrogens with zero attached hydrogens (tertiary/aromatic N) is 6. The zero-order chi connectivity index (χ0) is 25.9. The highest BCUT2D eigenvalue weighted by Crippen LogP contribution is 2.32. The van der Waals surface area contributed by atoms with Crippen molar-refractivity contribution in [3.8, 4) is 0 Å². The molecule has 0 spiro atoms. The van der Waals surface area contributed by atoms with Gasteiger partial charge in [0.05, 0.1) is 0 Å². The Morgan fingerprint density at radius 1 is 0.974 bits per heavy atom. The van der Waals surface area contributed by atoms with Crippen molar-refractivity contribution in [2.75, 3.05) is 41.3 Å². The van der Waals surface area contributed by atoms with Gasteiger partial charge >= 0.3 is 0 Å². The lowest BCUT2D eigenvalue weighted by atomic mass is 10.1. The molecule has 8 nitrogen and oxygen atoms in total. The van der Waals surface area contributed by atoms with E-state index >= 15 is 0 Å². The number of Topliss-reactive ketones (excluding diaryl/α,β-unsaturated/α-hetero) is 1. The van der Waals surface area contributed by atoms with Crippen molar-refractivity contribution >= 4 is 51.6 Å². The van der Waals surface area contributed by atoms with E-state index in [9.17, 15) is 4.79 Å². The largest absolute Gasteiger partial charge is 0.368 e. The molecule has 2 fully saturated rings. The summed E-state index contributed by atoms with van der Waals surface area (Å²) in [7, 11) is 0. The van der Waals surface area contributed by atoms with Crippen LogP contribution in [0.2, 0.25) is 0 Å². The lowest BCUT2D eigenvalue weighted by Crippen LogP contribution is -2.47. The molecule has 0 unspecified atom stereocenters. The maximum atomic E-state index is 12.2. The molecule has 1 aliphatic carbocycles. The van der Waals surface area contributed by atoms with E-state index in [1.165, 1.54) is 17.4 Å². The Morgan fingerprint density at radius 2 is 1.71 bits per heavy atom. The second-order valence-corrected chi connectivity index (χ2v) is 11.9. The molecule has 1 saturated heterocycles. The fourth-order valence-corrected chi connectivity index (χ4v) is 5.83. The molecule has 3 heterocycles. The van der Waals surface area contributed by atoms with Gasteiger partial charge in [-0.1, -0.05) is 30.3 Å². The van der Waals surface area contributed by atoms with Gasteiger partial charge in [0.25, 0.3) is 0 Å². The fraction of sp³-hybridized carbons (Fsp3) is 0.321. The molecule has 2 aromatic carbocycles. The molecule has 0 bridgehead atoms. The van der Waals surface area contributed by atoms with Crippen molar-refractivity contribution in [1.29, 1.82) is 0 Å². The number of nitrogens with one attached hydrogen (secondary N) is 1. The topological polar surface area (TPSA) is 87.1 Å². The normalized spacial score (nSPS) is 15.5. The molecule has 4 aromatic rings. The Kier molecular flexibility index (Phi) is 7.24. The SMILES string of the molecule is Cc1cnc(Nc2nc(Sc3ccc(CC(=O)C4CC4)cc3)nc(N3CCN(c4ccccc4)CC3)n2)s1. The van der Waals surface area contributed by atoms with E-state index in [4.69, 9.17) is 15.0 Å². The third-order valence-corrected chi connectivity index (χ3v) is 8.37. The molecule has 0 amide bonds.